The molecule has 2 N–H and O–H groups in total. The molecule has 2 rings (SSSR count). The standard InChI is InChI=1S/C12H18N2O2/c1-12(2,11(15)16)6-10-13-7-9(14-10)8-4-3-5-8/h7-8H,3-6H2,1-2H3,(H,13,14)(H,15,16). The van der Waals surface area contributed by atoms with Crippen molar-refractivity contribution >= 4 is 5.97 Å². The van der Waals surface area contributed by atoms with E-state index in [1.807, 2.05) is 6.20 Å². The lowest BCUT2D eigenvalue weighted by atomic mass is 9.83. The minimum Gasteiger partial charge on any atom is -0.481 e. The maximum absolute atomic E-state index is 11.0. The van der Waals surface area contributed by atoms with Crippen LogP contribution in [0, 0.1) is 5.41 Å². The summed E-state index contributed by atoms with van der Waals surface area (Å²) in [6, 6.07) is 0. The van der Waals surface area contributed by atoms with Crippen LogP contribution >= 0.6 is 0 Å². The zero-order chi connectivity index (χ0) is 11.8. The van der Waals surface area contributed by atoms with Crippen molar-refractivity contribution < 1.29 is 9.90 Å². The van der Waals surface area contributed by atoms with E-state index in [1.54, 1.807) is 13.8 Å². The molecule has 1 heterocycles. The number of nitrogens with one attached hydrogen (secondary N) is 1. The molecule has 1 fully saturated rings. The molecule has 0 spiro atoms. The third-order valence-corrected chi connectivity index (χ3v) is 3.38. The Labute approximate surface area is 95.1 Å². The van der Waals surface area contributed by atoms with Gasteiger partial charge in [-0.15, -0.1) is 0 Å². The number of carbonyl (C=O) groups is 1. The molecule has 88 valence electrons. The van der Waals surface area contributed by atoms with Crippen LogP contribution in [0.2, 0.25) is 0 Å². The van der Waals surface area contributed by atoms with Gasteiger partial charge >= 0.3 is 5.97 Å². The van der Waals surface area contributed by atoms with Crippen LogP contribution in [0.25, 0.3) is 0 Å². The van der Waals surface area contributed by atoms with Gasteiger partial charge < -0.3 is 10.1 Å². The summed E-state index contributed by atoms with van der Waals surface area (Å²) in [5.74, 6) is 0.623. The molecule has 1 aliphatic carbocycles. The molecule has 1 aliphatic rings. The molecule has 0 unspecified atom stereocenters. The Bertz CT molecular complexity index is 391. The third-order valence-electron chi connectivity index (χ3n) is 3.38. The zero-order valence-electron chi connectivity index (χ0n) is 9.79. The van der Waals surface area contributed by atoms with Crippen molar-refractivity contribution in [1.29, 1.82) is 0 Å². The largest absolute Gasteiger partial charge is 0.481 e. The molecule has 0 atom stereocenters. The Hall–Kier alpha value is -1.32. The van der Waals surface area contributed by atoms with Crippen molar-refractivity contribution in [2.24, 2.45) is 5.41 Å². The van der Waals surface area contributed by atoms with Gasteiger partial charge in [0.05, 0.1) is 5.41 Å². The second-order valence-electron chi connectivity index (χ2n) is 5.28. The van der Waals surface area contributed by atoms with Gasteiger partial charge in [0.1, 0.15) is 5.82 Å². The van der Waals surface area contributed by atoms with Crippen molar-refractivity contribution in [3.63, 3.8) is 0 Å². The number of rotatable bonds is 4. The highest BCUT2D eigenvalue weighted by Gasteiger charge is 2.29. The Morgan fingerprint density at radius 2 is 2.31 bits per heavy atom. The fourth-order valence-corrected chi connectivity index (χ4v) is 1.89. The number of H-pyrrole nitrogens is 1. The van der Waals surface area contributed by atoms with E-state index in [0.29, 0.717) is 12.3 Å². The van der Waals surface area contributed by atoms with Crippen LogP contribution in [0.1, 0.15) is 50.5 Å². The van der Waals surface area contributed by atoms with Gasteiger partial charge in [-0.2, -0.15) is 0 Å². The molecule has 1 saturated carbocycles. The monoisotopic (exact) mass is 222 g/mol. The second kappa shape index (κ2) is 3.92. The van der Waals surface area contributed by atoms with Gasteiger partial charge in [-0.05, 0) is 26.7 Å². The van der Waals surface area contributed by atoms with E-state index in [0.717, 1.165) is 5.82 Å². The smallest absolute Gasteiger partial charge is 0.309 e. The number of hydrogen-bond acceptors (Lipinski definition) is 2. The van der Waals surface area contributed by atoms with Crippen molar-refractivity contribution in [2.45, 2.75) is 45.4 Å². The fourth-order valence-electron chi connectivity index (χ4n) is 1.89. The van der Waals surface area contributed by atoms with Gasteiger partial charge in [0.2, 0.25) is 0 Å². The Morgan fingerprint density at radius 1 is 1.62 bits per heavy atom. The van der Waals surface area contributed by atoms with Gasteiger partial charge in [0, 0.05) is 24.2 Å². The Morgan fingerprint density at radius 3 is 2.81 bits per heavy atom. The number of aliphatic carboxylic acids is 1. The summed E-state index contributed by atoms with van der Waals surface area (Å²) < 4.78 is 0. The van der Waals surface area contributed by atoms with E-state index in [9.17, 15) is 4.79 Å². The van der Waals surface area contributed by atoms with Crippen LogP contribution in [0.5, 0.6) is 0 Å². The summed E-state index contributed by atoms with van der Waals surface area (Å²) in [4.78, 5) is 18.5. The van der Waals surface area contributed by atoms with Gasteiger partial charge in [-0.3, -0.25) is 4.79 Å². The Balaban J connectivity index is 2.04. The van der Waals surface area contributed by atoms with Crippen LogP contribution in [0.15, 0.2) is 6.20 Å². The molecule has 1 aromatic rings. The normalized spacial score (nSPS) is 17.1. The fraction of sp³-hybridized carbons (Fsp3) is 0.667. The topological polar surface area (TPSA) is 66.0 Å². The van der Waals surface area contributed by atoms with Gasteiger partial charge in [-0.25, -0.2) is 4.98 Å². The molecule has 1 aromatic heterocycles. The van der Waals surface area contributed by atoms with Crippen LogP contribution < -0.4 is 0 Å². The first-order valence-corrected chi connectivity index (χ1v) is 5.76. The molecule has 0 radical (unpaired) electrons. The Kier molecular flexibility index (Phi) is 2.74. The highest BCUT2D eigenvalue weighted by molar-refractivity contribution is 5.73. The van der Waals surface area contributed by atoms with E-state index in [4.69, 9.17) is 5.11 Å². The summed E-state index contributed by atoms with van der Waals surface area (Å²) >= 11 is 0. The number of aromatic nitrogens is 2. The molecule has 0 saturated heterocycles. The minimum atomic E-state index is -0.783. The maximum Gasteiger partial charge on any atom is 0.309 e. The summed E-state index contributed by atoms with van der Waals surface area (Å²) in [6.07, 6.45) is 6.06. The van der Waals surface area contributed by atoms with Gasteiger partial charge in [0.25, 0.3) is 0 Å². The summed E-state index contributed by atoms with van der Waals surface area (Å²) in [6.45, 7) is 3.45. The predicted octanol–water partition coefficient (Wildman–Crippen LogP) is 2.33. The van der Waals surface area contributed by atoms with Gasteiger partial charge in [-0.1, -0.05) is 6.42 Å². The van der Waals surface area contributed by atoms with E-state index >= 15 is 0 Å². The summed E-state index contributed by atoms with van der Waals surface area (Å²) in [5.41, 5.74) is 0.414. The van der Waals surface area contributed by atoms with Crippen molar-refractivity contribution in [3.8, 4) is 0 Å². The van der Waals surface area contributed by atoms with Crippen LogP contribution in [0.4, 0.5) is 0 Å². The highest BCUT2D eigenvalue weighted by atomic mass is 16.4. The number of carboxylic acids is 1. The highest BCUT2D eigenvalue weighted by Crippen LogP contribution is 2.35. The minimum absolute atomic E-state index is 0.453. The SMILES string of the molecule is CC(C)(Cc1ncc(C2CCC2)[nH]1)C(=O)O. The van der Waals surface area contributed by atoms with Gasteiger partial charge in [0.15, 0.2) is 0 Å². The lowest BCUT2D eigenvalue weighted by Gasteiger charge is -2.23. The molecule has 4 nitrogen and oxygen atoms in total. The molecular formula is C12H18N2O2. The molecule has 0 amide bonds. The number of carboxylic acid groups (broad SMARTS) is 1. The average Bonchev–Trinajstić information content (AvgIpc) is 2.48. The molecule has 4 heteroatoms. The molecular weight excluding hydrogens is 204 g/mol. The lowest BCUT2D eigenvalue weighted by molar-refractivity contribution is -0.146. The van der Waals surface area contributed by atoms with E-state index in [2.05, 4.69) is 9.97 Å². The molecule has 0 aliphatic heterocycles. The molecule has 0 bridgehead atoms. The first-order chi connectivity index (χ1) is 7.49. The van der Waals surface area contributed by atoms with Crippen molar-refractivity contribution in [1.82, 2.24) is 9.97 Å². The number of imidazole rings is 1. The van der Waals surface area contributed by atoms with E-state index in [-0.39, 0.29) is 0 Å². The quantitative estimate of drug-likeness (QED) is 0.821. The first-order valence-electron chi connectivity index (χ1n) is 5.76. The summed E-state index contributed by atoms with van der Waals surface area (Å²) in [7, 11) is 0. The van der Waals surface area contributed by atoms with Crippen LogP contribution in [-0.4, -0.2) is 21.0 Å². The van der Waals surface area contributed by atoms with Crippen molar-refractivity contribution in [2.75, 3.05) is 0 Å². The zero-order valence-corrected chi connectivity index (χ0v) is 9.79. The second-order valence-corrected chi connectivity index (χ2v) is 5.28. The number of hydrogen-bond donors (Lipinski definition) is 2. The van der Waals surface area contributed by atoms with Crippen LogP contribution in [0.3, 0.4) is 0 Å². The predicted molar refractivity (Wildman–Crippen MR) is 60.3 cm³/mol. The average molecular weight is 222 g/mol. The van der Waals surface area contributed by atoms with E-state index in [1.165, 1.54) is 25.0 Å². The van der Waals surface area contributed by atoms with E-state index < -0.39 is 11.4 Å². The first kappa shape index (κ1) is 11.2. The lowest BCUT2D eigenvalue weighted by Crippen LogP contribution is -2.26. The molecule has 16 heavy (non-hydrogen) atoms. The van der Waals surface area contributed by atoms with Crippen LogP contribution in [-0.2, 0) is 11.2 Å². The maximum atomic E-state index is 11.0. The summed E-state index contributed by atoms with van der Waals surface area (Å²) in [5, 5.41) is 9.03. The third kappa shape index (κ3) is 2.10. The molecule has 0 aromatic carbocycles. The number of nitrogens with zero attached hydrogens (tertiary/aromatic N) is 1. The number of aromatic amines is 1. The van der Waals surface area contributed by atoms with Crippen molar-refractivity contribution in [3.05, 3.63) is 17.7 Å².